The average Bonchev–Trinajstić information content (AvgIpc) is 3.06. The summed E-state index contributed by atoms with van der Waals surface area (Å²) in [5.41, 5.74) is 0.912. The standard InChI is InChI=1S/C24H24Cl2N2O5/c1-27(2)8-5-9-28-21(13-6-7-17(31-3)19(10-13)32-4)20-22(29)14-11-15(25)16(26)12-18(14)33-23(20)24(28)30/h6-7,10-12,21H,5,8-9H2,1-4H3. The summed E-state index contributed by atoms with van der Waals surface area (Å²) in [4.78, 5) is 30.8. The number of rotatable bonds is 7. The van der Waals surface area contributed by atoms with Crippen molar-refractivity contribution in [3.8, 4) is 11.5 Å². The Morgan fingerprint density at radius 1 is 1.03 bits per heavy atom. The molecule has 3 aromatic rings. The van der Waals surface area contributed by atoms with E-state index in [-0.39, 0.29) is 43.7 Å². The number of nitrogens with zero attached hydrogens (tertiary/aromatic N) is 2. The van der Waals surface area contributed by atoms with Crippen LogP contribution in [-0.4, -0.2) is 57.1 Å². The lowest BCUT2D eigenvalue weighted by molar-refractivity contribution is 0.0722. The molecule has 0 bridgehead atoms. The molecule has 2 heterocycles. The Labute approximate surface area is 201 Å². The van der Waals surface area contributed by atoms with E-state index in [1.807, 2.05) is 25.1 Å². The lowest BCUT2D eigenvalue weighted by Crippen LogP contribution is -2.32. The number of carbonyl (C=O) groups is 1. The molecule has 1 unspecified atom stereocenters. The first-order valence-electron chi connectivity index (χ1n) is 10.4. The third-order valence-corrected chi connectivity index (χ3v) is 6.46. The molecule has 0 N–H and O–H groups in total. The van der Waals surface area contributed by atoms with Crippen molar-refractivity contribution < 1.29 is 18.7 Å². The topological polar surface area (TPSA) is 72.2 Å². The van der Waals surface area contributed by atoms with Crippen LogP contribution >= 0.6 is 23.2 Å². The second-order valence-electron chi connectivity index (χ2n) is 8.11. The Morgan fingerprint density at radius 2 is 1.73 bits per heavy atom. The lowest BCUT2D eigenvalue weighted by atomic mass is 9.98. The Morgan fingerprint density at radius 3 is 2.39 bits per heavy atom. The maximum Gasteiger partial charge on any atom is 0.290 e. The third-order valence-electron chi connectivity index (χ3n) is 5.74. The van der Waals surface area contributed by atoms with Crippen LogP contribution in [-0.2, 0) is 0 Å². The number of methoxy groups -OCH3 is 2. The molecule has 0 saturated carbocycles. The summed E-state index contributed by atoms with van der Waals surface area (Å²) >= 11 is 12.3. The van der Waals surface area contributed by atoms with Crippen LogP contribution in [0.3, 0.4) is 0 Å². The highest BCUT2D eigenvalue weighted by molar-refractivity contribution is 6.42. The van der Waals surface area contributed by atoms with Crippen LogP contribution in [0.5, 0.6) is 11.5 Å². The summed E-state index contributed by atoms with van der Waals surface area (Å²) in [5.74, 6) is 0.741. The minimum absolute atomic E-state index is 0.0236. The fraction of sp³-hybridized carbons (Fsp3) is 0.333. The number of benzene rings is 2. The van der Waals surface area contributed by atoms with E-state index in [0.717, 1.165) is 18.5 Å². The van der Waals surface area contributed by atoms with Crippen LogP contribution in [0.4, 0.5) is 0 Å². The van der Waals surface area contributed by atoms with E-state index in [1.54, 1.807) is 24.1 Å². The molecule has 0 radical (unpaired) electrons. The fourth-order valence-electron chi connectivity index (χ4n) is 4.17. The van der Waals surface area contributed by atoms with Gasteiger partial charge in [0.25, 0.3) is 5.91 Å². The Balaban J connectivity index is 1.92. The molecule has 9 heteroatoms. The molecule has 33 heavy (non-hydrogen) atoms. The van der Waals surface area contributed by atoms with Crippen molar-refractivity contribution >= 4 is 40.1 Å². The number of fused-ring (bicyclic) bond motifs is 2. The number of carbonyl (C=O) groups excluding carboxylic acids is 1. The smallest absolute Gasteiger partial charge is 0.290 e. The third kappa shape index (κ3) is 4.16. The summed E-state index contributed by atoms with van der Waals surface area (Å²) in [6, 6.07) is 7.68. The summed E-state index contributed by atoms with van der Waals surface area (Å²) in [5, 5.41) is 0.764. The maximum atomic E-state index is 13.6. The highest BCUT2D eigenvalue weighted by Gasteiger charge is 2.42. The van der Waals surface area contributed by atoms with Crippen molar-refractivity contribution in [2.75, 3.05) is 41.4 Å². The number of ether oxygens (including phenoxy) is 2. The zero-order chi connectivity index (χ0) is 23.9. The number of hydrogen-bond acceptors (Lipinski definition) is 6. The summed E-state index contributed by atoms with van der Waals surface area (Å²) < 4.78 is 16.8. The molecule has 4 rings (SSSR count). The van der Waals surface area contributed by atoms with Gasteiger partial charge in [-0.25, -0.2) is 0 Å². The molecule has 1 aliphatic heterocycles. The molecule has 0 fully saturated rings. The largest absolute Gasteiger partial charge is 0.493 e. The highest BCUT2D eigenvalue weighted by atomic mass is 35.5. The molecular weight excluding hydrogens is 467 g/mol. The first-order valence-corrected chi connectivity index (χ1v) is 11.2. The second-order valence-corrected chi connectivity index (χ2v) is 8.92. The molecule has 1 aromatic heterocycles. The predicted octanol–water partition coefficient (Wildman–Crippen LogP) is 4.61. The zero-order valence-corrected chi connectivity index (χ0v) is 20.3. The average molecular weight is 491 g/mol. The molecular formula is C24H24Cl2N2O5. The van der Waals surface area contributed by atoms with Crippen LogP contribution in [0.25, 0.3) is 11.0 Å². The summed E-state index contributed by atoms with van der Waals surface area (Å²) in [6.07, 6.45) is 0.724. The van der Waals surface area contributed by atoms with Gasteiger partial charge in [-0.15, -0.1) is 0 Å². The Hall–Kier alpha value is -2.74. The van der Waals surface area contributed by atoms with Crippen LogP contribution in [0, 0.1) is 0 Å². The minimum Gasteiger partial charge on any atom is -0.493 e. The van der Waals surface area contributed by atoms with Gasteiger partial charge >= 0.3 is 0 Å². The number of hydrogen-bond donors (Lipinski definition) is 0. The predicted molar refractivity (Wildman–Crippen MR) is 128 cm³/mol. The fourth-order valence-corrected chi connectivity index (χ4v) is 4.49. The lowest BCUT2D eigenvalue weighted by Gasteiger charge is -2.26. The van der Waals surface area contributed by atoms with Gasteiger partial charge in [-0.3, -0.25) is 9.59 Å². The molecule has 0 spiro atoms. The van der Waals surface area contributed by atoms with Gasteiger partial charge in [-0.05, 0) is 50.8 Å². The Bertz CT molecular complexity index is 1290. The van der Waals surface area contributed by atoms with Crippen molar-refractivity contribution in [1.82, 2.24) is 9.80 Å². The first-order chi connectivity index (χ1) is 15.8. The summed E-state index contributed by atoms with van der Waals surface area (Å²) in [6.45, 7) is 1.23. The van der Waals surface area contributed by atoms with E-state index in [4.69, 9.17) is 37.1 Å². The SMILES string of the molecule is COc1ccc(C2c3c(oc4cc(Cl)c(Cl)cc4c3=O)C(=O)N2CCCN(C)C)cc1OC. The van der Waals surface area contributed by atoms with E-state index < -0.39 is 6.04 Å². The van der Waals surface area contributed by atoms with E-state index >= 15 is 0 Å². The van der Waals surface area contributed by atoms with E-state index in [2.05, 4.69) is 0 Å². The van der Waals surface area contributed by atoms with Gasteiger partial charge in [0.15, 0.2) is 16.9 Å². The molecule has 1 atom stereocenters. The maximum absolute atomic E-state index is 13.6. The summed E-state index contributed by atoms with van der Waals surface area (Å²) in [7, 11) is 7.03. The van der Waals surface area contributed by atoms with Gasteiger partial charge in [0, 0.05) is 12.6 Å². The molecule has 0 saturated heterocycles. The number of halogens is 2. The van der Waals surface area contributed by atoms with Crippen LogP contribution in [0.1, 0.15) is 34.1 Å². The zero-order valence-electron chi connectivity index (χ0n) is 18.8. The molecule has 1 aliphatic rings. The van der Waals surface area contributed by atoms with Crippen molar-refractivity contribution in [3.63, 3.8) is 0 Å². The molecule has 174 valence electrons. The molecule has 2 aromatic carbocycles. The van der Waals surface area contributed by atoms with Gasteiger partial charge in [0.2, 0.25) is 5.76 Å². The van der Waals surface area contributed by atoms with Crippen LogP contribution < -0.4 is 14.9 Å². The van der Waals surface area contributed by atoms with E-state index in [9.17, 15) is 9.59 Å². The van der Waals surface area contributed by atoms with E-state index in [0.29, 0.717) is 18.0 Å². The van der Waals surface area contributed by atoms with Gasteiger partial charge in [-0.2, -0.15) is 0 Å². The van der Waals surface area contributed by atoms with Crippen molar-refractivity contribution in [3.05, 3.63) is 67.5 Å². The van der Waals surface area contributed by atoms with Crippen molar-refractivity contribution in [2.24, 2.45) is 0 Å². The molecule has 7 nitrogen and oxygen atoms in total. The molecule has 1 amide bonds. The monoisotopic (exact) mass is 490 g/mol. The quantitative estimate of drug-likeness (QED) is 0.481. The first kappa shape index (κ1) is 23.4. The van der Waals surface area contributed by atoms with Gasteiger partial charge in [-0.1, -0.05) is 29.3 Å². The van der Waals surface area contributed by atoms with E-state index in [1.165, 1.54) is 19.2 Å². The molecule has 0 aliphatic carbocycles. The second kappa shape index (κ2) is 9.25. The normalized spacial score (nSPS) is 15.4. The van der Waals surface area contributed by atoms with Crippen molar-refractivity contribution in [2.45, 2.75) is 12.5 Å². The van der Waals surface area contributed by atoms with Gasteiger partial charge in [0.1, 0.15) is 5.58 Å². The van der Waals surface area contributed by atoms with Gasteiger partial charge in [0.05, 0.1) is 41.3 Å². The highest BCUT2D eigenvalue weighted by Crippen LogP contribution is 2.41. The van der Waals surface area contributed by atoms with Crippen LogP contribution in [0.2, 0.25) is 10.0 Å². The Kier molecular flexibility index (Phi) is 6.56. The minimum atomic E-state index is -0.635. The van der Waals surface area contributed by atoms with Crippen molar-refractivity contribution in [1.29, 1.82) is 0 Å². The van der Waals surface area contributed by atoms with Gasteiger partial charge < -0.3 is 23.7 Å². The number of amides is 1. The van der Waals surface area contributed by atoms with Crippen LogP contribution in [0.15, 0.2) is 39.5 Å².